The predicted molar refractivity (Wildman–Crippen MR) is 227 cm³/mol. The summed E-state index contributed by atoms with van der Waals surface area (Å²) in [5.41, 5.74) is 0. The van der Waals surface area contributed by atoms with Crippen molar-refractivity contribution < 1.29 is 48.1 Å². The molecule has 1 unspecified atom stereocenters. The average Bonchev–Trinajstić information content (AvgIpc) is 3.20. The summed E-state index contributed by atoms with van der Waals surface area (Å²) in [6, 6.07) is 0. The third kappa shape index (κ3) is 39.4. The van der Waals surface area contributed by atoms with Gasteiger partial charge in [0.25, 0.3) is 0 Å². The predicted octanol–water partition coefficient (Wildman–Crippen LogP) is 10.3. The molecular formula is C45H88N2O10. The van der Waals surface area contributed by atoms with E-state index in [4.69, 9.17) is 33.8 Å². The second-order valence-corrected chi connectivity index (χ2v) is 15.4. The number of carbonyl (C=O) groups is 3. The first-order chi connectivity index (χ1) is 27.9. The van der Waals surface area contributed by atoms with Gasteiger partial charge >= 0.3 is 17.9 Å². The summed E-state index contributed by atoms with van der Waals surface area (Å²) in [7, 11) is 2.93. The summed E-state index contributed by atoms with van der Waals surface area (Å²) < 4.78 is 16.9. The Balaban J connectivity index is 4.62. The molecule has 0 aliphatic rings. The SMILES string of the molecule is CCCCCCCCCCCOC(=O)CCCCCN(CCCCCC(=O)OCCCCCCCCCCC)C(C)OC(=O)CCN(CCOOC)CCOOC. The minimum absolute atomic E-state index is 0.114. The number of ether oxygens (including phenoxy) is 3. The van der Waals surface area contributed by atoms with Crippen LogP contribution in [0.1, 0.15) is 194 Å². The zero-order valence-corrected chi connectivity index (χ0v) is 37.5. The van der Waals surface area contributed by atoms with Crippen LogP contribution in [0.15, 0.2) is 0 Å². The monoisotopic (exact) mass is 817 g/mol. The third-order valence-electron chi connectivity index (χ3n) is 10.3. The lowest BCUT2D eigenvalue weighted by Crippen LogP contribution is -2.39. The summed E-state index contributed by atoms with van der Waals surface area (Å²) in [6.07, 6.45) is 28.1. The molecule has 1 atom stereocenters. The van der Waals surface area contributed by atoms with Gasteiger partial charge in [0.15, 0.2) is 6.23 Å². The van der Waals surface area contributed by atoms with E-state index in [9.17, 15) is 14.4 Å². The Morgan fingerprint density at radius 1 is 0.421 bits per heavy atom. The zero-order chi connectivity index (χ0) is 41.9. The minimum Gasteiger partial charge on any atom is -0.466 e. The summed E-state index contributed by atoms with van der Waals surface area (Å²) in [5, 5.41) is 0. The van der Waals surface area contributed by atoms with Gasteiger partial charge in [0, 0.05) is 45.6 Å². The fourth-order valence-electron chi connectivity index (χ4n) is 6.75. The molecule has 0 saturated carbocycles. The van der Waals surface area contributed by atoms with Crippen molar-refractivity contribution in [3.63, 3.8) is 0 Å². The number of hydrogen-bond donors (Lipinski definition) is 0. The van der Waals surface area contributed by atoms with Crippen molar-refractivity contribution >= 4 is 17.9 Å². The standard InChI is InChI=1S/C45H88N2O10/c1-6-8-10-12-14-16-18-20-28-38-53-43(48)30-24-22-26-33-47(42(3)57-45(50)32-35-46(36-40-55-51-4)37-41-56-52-5)34-27-23-25-31-44(49)54-39-29-21-19-17-15-13-11-9-7-2/h42H,6-41H2,1-5H3. The van der Waals surface area contributed by atoms with E-state index in [0.29, 0.717) is 58.9 Å². The molecule has 0 heterocycles. The Kier molecular flexibility index (Phi) is 42.3. The second kappa shape index (κ2) is 43.7. The average molecular weight is 817 g/mol. The number of unbranched alkanes of at least 4 members (excludes halogenated alkanes) is 20. The maximum atomic E-state index is 13.0. The molecule has 0 aromatic carbocycles. The second-order valence-electron chi connectivity index (χ2n) is 15.4. The van der Waals surface area contributed by atoms with Gasteiger partial charge in [-0.15, -0.1) is 0 Å². The van der Waals surface area contributed by atoms with Crippen LogP contribution in [-0.4, -0.2) is 107 Å². The quantitative estimate of drug-likeness (QED) is 0.0145. The van der Waals surface area contributed by atoms with Crippen molar-refractivity contribution in [3.05, 3.63) is 0 Å². The van der Waals surface area contributed by atoms with Gasteiger partial charge < -0.3 is 14.2 Å². The molecule has 0 aromatic heterocycles. The molecular weight excluding hydrogens is 728 g/mol. The zero-order valence-electron chi connectivity index (χ0n) is 37.5. The number of hydrogen-bond acceptors (Lipinski definition) is 12. The van der Waals surface area contributed by atoms with E-state index in [1.165, 1.54) is 104 Å². The van der Waals surface area contributed by atoms with Gasteiger partial charge in [-0.2, -0.15) is 0 Å². The van der Waals surface area contributed by atoms with Gasteiger partial charge in [0.2, 0.25) is 0 Å². The van der Waals surface area contributed by atoms with E-state index in [0.717, 1.165) is 77.3 Å². The Hall–Kier alpha value is -1.83. The fraction of sp³-hybridized carbons (Fsp3) is 0.933. The molecule has 57 heavy (non-hydrogen) atoms. The highest BCUT2D eigenvalue weighted by Gasteiger charge is 2.19. The molecule has 0 fully saturated rings. The van der Waals surface area contributed by atoms with E-state index in [1.807, 2.05) is 11.8 Å². The molecule has 12 nitrogen and oxygen atoms in total. The van der Waals surface area contributed by atoms with Gasteiger partial charge in [-0.3, -0.25) is 24.2 Å². The van der Waals surface area contributed by atoms with E-state index in [2.05, 4.69) is 18.7 Å². The Bertz CT molecular complexity index is 840. The van der Waals surface area contributed by atoms with Crippen LogP contribution < -0.4 is 0 Å². The molecule has 12 heteroatoms. The Morgan fingerprint density at radius 3 is 1.21 bits per heavy atom. The number of esters is 3. The molecule has 0 aromatic rings. The molecule has 0 aliphatic carbocycles. The Labute approximate surface area is 348 Å². The lowest BCUT2D eigenvalue weighted by atomic mass is 10.1. The van der Waals surface area contributed by atoms with Crippen LogP contribution in [0.4, 0.5) is 0 Å². The van der Waals surface area contributed by atoms with E-state index in [1.54, 1.807) is 0 Å². The van der Waals surface area contributed by atoms with Gasteiger partial charge in [0.1, 0.15) is 0 Å². The van der Waals surface area contributed by atoms with Crippen molar-refractivity contribution in [1.29, 1.82) is 0 Å². The highest BCUT2D eigenvalue weighted by molar-refractivity contribution is 5.70. The minimum atomic E-state index is -0.401. The maximum Gasteiger partial charge on any atom is 0.308 e. The van der Waals surface area contributed by atoms with Crippen molar-refractivity contribution in [2.45, 2.75) is 200 Å². The van der Waals surface area contributed by atoms with Gasteiger partial charge in [-0.25, -0.2) is 19.6 Å². The van der Waals surface area contributed by atoms with Crippen molar-refractivity contribution in [2.75, 3.05) is 73.4 Å². The van der Waals surface area contributed by atoms with Crippen molar-refractivity contribution in [1.82, 2.24) is 9.80 Å². The van der Waals surface area contributed by atoms with E-state index in [-0.39, 0.29) is 24.3 Å². The highest BCUT2D eigenvalue weighted by Crippen LogP contribution is 2.14. The lowest BCUT2D eigenvalue weighted by molar-refractivity contribution is -0.280. The van der Waals surface area contributed by atoms with Crippen LogP contribution in [0.2, 0.25) is 0 Å². The molecule has 0 spiro atoms. The van der Waals surface area contributed by atoms with Crippen LogP contribution in [0.3, 0.4) is 0 Å². The summed E-state index contributed by atoms with van der Waals surface area (Å²) in [5.74, 6) is -0.503. The molecule has 0 radical (unpaired) electrons. The largest absolute Gasteiger partial charge is 0.466 e. The molecule has 338 valence electrons. The molecule has 0 bridgehead atoms. The molecule has 0 saturated heterocycles. The number of rotatable bonds is 45. The summed E-state index contributed by atoms with van der Waals surface area (Å²) >= 11 is 0. The van der Waals surface area contributed by atoms with Gasteiger partial charge in [-0.05, 0) is 45.4 Å². The lowest BCUT2D eigenvalue weighted by Gasteiger charge is -2.29. The van der Waals surface area contributed by atoms with Crippen LogP contribution in [0.5, 0.6) is 0 Å². The molecule has 0 amide bonds. The third-order valence-corrected chi connectivity index (χ3v) is 10.3. The first-order valence-corrected chi connectivity index (χ1v) is 23.2. The van der Waals surface area contributed by atoms with Gasteiger partial charge in [-0.1, -0.05) is 129 Å². The molecule has 0 N–H and O–H groups in total. The fourth-order valence-corrected chi connectivity index (χ4v) is 6.75. The first-order valence-electron chi connectivity index (χ1n) is 23.2. The van der Waals surface area contributed by atoms with Crippen molar-refractivity contribution in [3.8, 4) is 0 Å². The first kappa shape index (κ1) is 55.2. The van der Waals surface area contributed by atoms with Crippen LogP contribution >= 0.6 is 0 Å². The van der Waals surface area contributed by atoms with Gasteiger partial charge in [0.05, 0.1) is 47.1 Å². The van der Waals surface area contributed by atoms with Crippen molar-refractivity contribution in [2.24, 2.45) is 0 Å². The van der Waals surface area contributed by atoms with E-state index < -0.39 is 6.23 Å². The summed E-state index contributed by atoms with van der Waals surface area (Å²) in [4.78, 5) is 61.2. The van der Waals surface area contributed by atoms with Crippen LogP contribution in [-0.2, 0) is 48.1 Å². The number of carbonyl (C=O) groups excluding carboxylic acids is 3. The van der Waals surface area contributed by atoms with Crippen LogP contribution in [0.25, 0.3) is 0 Å². The maximum absolute atomic E-state index is 13.0. The van der Waals surface area contributed by atoms with E-state index >= 15 is 0 Å². The normalized spacial score (nSPS) is 12.1. The molecule has 0 aliphatic heterocycles. The topological polar surface area (TPSA) is 122 Å². The smallest absolute Gasteiger partial charge is 0.308 e. The highest BCUT2D eigenvalue weighted by atomic mass is 17.2. The van der Waals surface area contributed by atoms with Crippen LogP contribution in [0, 0.1) is 0 Å². The summed E-state index contributed by atoms with van der Waals surface area (Å²) in [6.45, 7) is 11.3. The number of nitrogens with zero attached hydrogens (tertiary/aromatic N) is 2. The Morgan fingerprint density at radius 2 is 0.807 bits per heavy atom. The molecule has 0 rings (SSSR count).